The van der Waals surface area contributed by atoms with Gasteiger partial charge in [0.05, 0.1) is 0 Å². The standard InChI is InChI=1S/C14H17NOS/c1-10(17-11-6-3-2-4-7-11)12-8-5-9-13(12)14(15)16/h2-8,10,12-13H,9H2,1H3,(H2,15,16). The summed E-state index contributed by atoms with van der Waals surface area (Å²) in [5.74, 6) is 0.0550. The summed E-state index contributed by atoms with van der Waals surface area (Å²) in [6.45, 7) is 2.16. The summed E-state index contributed by atoms with van der Waals surface area (Å²) in [6.07, 6.45) is 5.00. The molecule has 17 heavy (non-hydrogen) atoms. The van der Waals surface area contributed by atoms with E-state index in [0.717, 1.165) is 6.42 Å². The zero-order valence-corrected chi connectivity index (χ0v) is 10.7. The Labute approximate surface area is 106 Å². The molecule has 0 aliphatic heterocycles. The van der Waals surface area contributed by atoms with E-state index in [9.17, 15) is 4.79 Å². The maximum Gasteiger partial charge on any atom is 0.221 e. The van der Waals surface area contributed by atoms with Crippen LogP contribution in [0.15, 0.2) is 47.4 Å². The Morgan fingerprint density at radius 1 is 1.41 bits per heavy atom. The quantitative estimate of drug-likeness (QED) is 0.656. The Morgan fingerprint density at radius 3 is 2.76 bits per heavy atom. The minimum Gasteiger partial charge on any atom is -0.369 e. The van der Waals surface area contributed by atoms with Gasteiger partial charge < -0.3 is 5.73 Å². The monoisotopic (exact) mass is 247 g/mol. The Bertz CT molecular complexity index is 415. The molecule has 3 heteroatoms. The molecule has 0 spiro atoms. The summed E-state index contributed by atoms with van der Waals surface area (Å²) in [5, 5.41) is 0.369. The topological polar surface area (TPSA) is 43.1 Å². The highest BCUT2D eigenvalue weighted by Gasteiger charge is 2.31. The van der Waals surface area contributed by atoms with Crippen molar-refractivity contribution in [3.05, 3.63) is 42.5 Å². The fraction of sp³-hybridized carbons (Fsp3) is 0.357. The molecule has 1 aromatic rings. The molecule has 3 unspecified atom stereocenters. The van der Waals surface area contributed by atoms with Gasteiger partial charge in [-0.25, -0.2) is 0 Å². The van der Waals surface area contributed by atoms with Gasteiger partial charge in [0.25, 0.3) is 0 Å². The van der Waals surface area contributed by atoms with Gasteiger partial charge in [-0.3, -0.25) is 4.79 Å². The average molecular weight is 247 g/mol. The third kappa shape index (κ3) is 2.91. The van der Waals surface area contributed by atoms with Crippen molar-refractivity contribution in [1.82, 2.24) is 0 Å². The zero-order chi connectivity index (χ0) is 12.3. The maximum atomic E-state index is 11.3. The molecule has 2 N–H and O–H groups in total. The predicted octanol–water partition coefficient (Wildman–Crippen LogP) is 2.84. The van der Waals surface area contributed by atoms with Crippen LogP contribution in [0, 0.1) is 11.8 Å². The van der Waals surface area contributed by atoms with Crippen molar-refractivity contribution >= 4 is 17.7 Å². The van der Waals surface area contributed by atoms with E-state index in [1.807, 2.05) is 18.2 Å². The number of carbonyl (C=O) groups is 1. The van der Waals surface area contributed by atoms with Crippen LogP contribution in [0.25, 0.3) is 0 Å². The van der Waals surface area contributed by atoms with E-state index in [-0.39, 0.29) is 17.7 Å². The van der Waals surface area contributed by atoms with Gasteiger partial charge in [-0.15, -0.1) is 11.8 Å². The first-order valence-corrected chi connectivity index (χ1v) is 6.74. The van der Waals surface area contributed by atoms with Gasteiger partial charge in [0, 0.05) is 22.0 Å². The van der Waals surface area contributed by atoms with E-state index in [1.54, 1.807) is 11.8 Å². The van der Waals surface area contributed by atoms with Crippen LogP contribution >= 0.6 is 11.8 Å². The molecule has 0 aromatic heterocycles. The molecule has 0 saturated heterocycles. The molecule has 0 fully saturated rings. The molecular weight excluding hydrogens is 230 g/mol. The number of primary amides is 1. The lowest BCUT2D eigenvalue weighted by atomic mass is 9.92. The van der Waals surface area contributed by atoms with E-state index in [4.69, 9.17) is 5.73 Å². The first kappa shape index (κ1) is 12.2. The molecule has 0 bridgehead atoms. The number of thioether (sulfide) groups is 1. The largest absolute Gasteiger partial charge is 0.369 e. The fourth-order valence-electron chi connectivity index (χ4n) is 2.26. The molecule has 90 valence electrons. The molecular formula is C14H17NOS. The van der Waals surface area contributed by atoms with Crippen molar-refractivity contribution in [2.45, 2.75) is 23.5 Å². The Kier molecular flexibility index (Phi) is 3.89. The number of benzene rings is 1. The SMILES string of the molecule is CC(Sc1ccccc1)C1C=CCC1C(N)=O. The molecule has 1 aromatic carbocycles. The van der Waals surface area contributed by atoms with Crippen molar-refractivity contribution in [3.8, 4) is 0 Å². The van der Waals surface area contributed by atoms with Crippen molar-refractivity contribution in [2.75, 3.05) is 0 Å². The highest BCUT2D eigenvalue weighted by molar-refractivity contribution is 8.00. The molecule has 1 aliphatic carbocycles. The van der Waals surface area contributed by atoms with E-state index >= 15 is 0 Å². The van der Waals surface area contributed by atoms with Crippen LogP contribution in [-0.4, -0.2) is 11.2 Å². The lowest BCUT2D eigenvalue weighted by Gasteiger charge is -2.22. The summed E-state index contributed by atoms with van der Waals surface area (Å²) >= 11 is 1.80. The van der Waals surface area contributed by atoms with Gasteiger partial charge in [0.15, 0.2) is 0 Å². The second kappa shape index (κ2) is 5.41. The second-order valence-electron chi connectivity index (χ2n) is 4.39. The fourth-order valence-corrected chi connectivity index (χ4v) is 3.44. The molecule has 0 saturated carbocycles. The third-order valence-corrected chi connectivity index (χ3v) is 4.42. The predicted molar refractivity (Wildman–Crippen MR) is 71.7 cm³/mol. The van der Waals surface area contributed by atoms with Crippen LogP contribution in [0.3, 0.4) is 0 Å². The highest BCUT2D eigenvalue weighted by atomic mass is 32.2. The normalized spacial score (nSPS) is 24.8. The zero-order valence-electron chi connectivity index (χ0n) is 9.87. The van der Waals surface area contributed by atoms with Crippen molar-refractivity contribution in [2.24, 2.45) is 17.6 Å². The molecule has 0 heterocycles. The Hall–Kier alpha value is -1.22. The first-order chi connectivity index (χ1) is 8.18. The van der Waals surface area contributed by atoms with Crippen LogP contribution in [0.5, 0.6) is 0 Å². The number of amides is 1. The lowest BCUT2D eigenvalue weighted by molar-refractivity contribution is -0.122. The molecule has 1 aliphatic rings. The summed E-state index contributed by atoms with van der Waals surface area (Å²) < 4.78 is 0. The van der Waals surface area contributed by atoms with Crippen LogP contribution in [0.4, 0.5) is 0 Å². The summed E-state index contributed by atoms with van der Waals surface area (Å²) in [7, 11) is 0. The van der Waals surface area contributed by atoms with E-state index < -0.39 is 0 Å². The molecule has 2 nitrogen and oxygen atoms in total. The number of allylic oxidation sites excluding steroid dienone is 2. The van der Waals surface area contributed by atoms with Crippen LogP contribution < -0.4 is 5.73 Å². The second-order valence-corrected chi connectivity index (χ2v) is 5.84. The number of nitrogens with two attached hydrogens (primary N) is 1. The van der Waals surface area contributed by atoms with Gasteiger partial charge in [0.2, 0.25) is 5.91 Å². The number of hydrogen-bond acceptors (Lipinski definition) is 2. The summed E-state index contributed by atoms with van der Waals surface area (Å²) in [6, 6.07) is 10.3. The molecule has 1 amide bonds. The summed E-state index contributed by atoms with van der Waals surface area (Å²) in [5.41, 5.74) is 5.43. The van der Waals surface area contributed by atoms with Gasteiger partial charge in [-0.05, 0) is 18.6 Å². The maximum absolute atomic E-state index is 11.3. The van der Waals surface area contributed by atoms with Gasteiger partial charge in [-0.1, -0.05) is 37.3 Å². The average Bonchev–Trinajstić information content (AvgIpc) is 2.79. The smallest absolute Gasteiger partial charge is 0.221 e. The minimum absolute atomic E-state index is 0.0267. The number of carbonyl (C=O) groups excluding carboxylic acids is 1. The van der Waals surface area contributed by atoms with Gasteiger partial charge >= 0.3 is 0 Å². The first-order valence-electron chi connectivity index (χ1n) is 5.86. The minimum atomic E-state index is -0.180. The van der Waals surface area contributed by atoms with Crippen molar-refractivity contribution in [1.29, 1.82) is 0 Å². The number of hydrogen-bond donors (Lipinski definition) is 1. The Morgan fingerprint density at radius 2 is 2.12 bits per heavy atom. The number of rotatable bonds is 4. The lowest BCUT2D eigenvalue weighted by Crippen LogP contribution is -2.30. The van der Waals surface area contributed by atoms with E-state index in [1.165, 1.54) is 4.90 Å². The van der Waals surface area contributed by atoms with Crippen LogP contribution in [0.1, 0.15) is 13.3 Å². The molecule has 3 atom stereocenters. The van der Waals surface area contributed by atoms with Crippen molar-refractivity contribution < 1.29 is 4.79 Å². The summed E-state index contributed by atoms with van der Waals surface area (Å²) in [4.78, 5) is 12.6. The molecule has 2 rings (SSSR count). The van der Waals surface area contributed by atoms with Crippen LogP contribution in [0.2, 0.25) is 0 Å². The van der Waals surface area contributed by atoms with E-state index in [2.05, 4.69) is 31.2 Å². The van der Waals surface area contributed by atoms with Gasteiger partial charge in [-0.2, -0.15) is 0 Å². The molecule has 0 radical (unpaired) electrons. The van der Waals surface area contributed by atoms with Crippen molar-refractivity contribution in [3.63, 3.8) is 0 Å². The third-order valence-electron chi connectivity index (χ3n) is 3.19. The highest BCUT2D eigenvalue weighted by Crippen LogP contribution is 2.36. The van der Waals surface area contributed by atoms with E-state index in [0.29, 0.717) is 5.25 Å². The van der Waals surface area contributed by atoms with Gasteiger partial charge in [0.1, 0.15) is 0 Å². The Balaban J connectivity index is 2.02. The van der Waals surface area contributed by atoms with Crippen LogP contribution in [-0.2, 0) is 4.79 Å².